The van der Waals surface area contributed by atoms with Crippen LogP contribution in [0.5, 0.6) is 5.75 Å². The Kier molecular flexibility index (Phi) is 2.90. The van der Waals surface area contributed by atoms with Crippen molar-refractivity contribution in [3.63, 3.8) is 0 Å². The van der Waals surface area contributed by atoms with Crippen molar-refractivity contribution in [2.45, 2.75) is 17.1 Å². The van der Waals surface area contributed by atoms with E-state index in [1.54, 1.807) is 32.2 Å². The van der Waals surface area contributed by atoms with Crippen LogP contribution >= 0.6 is 0 Å². The van der Waals surface area contributed by atoms with E-state index in [4.69, 9.17) is 4.74 Å². The SMILES string of the molecule is COc1ccc(S(=O)(=O)C2CNC2)c(C)c1. The van der Waals surface area contributed by atoms with Gasteiger partial charge in [0.15, 0.2) is 9.84 Å². The zero-order valence-electron chi connectivity index (χ0n) is 9.36. The lowest BCUT2D eigenvalue weighted by atomic mass is 10.2. The first kappa shape index (κ1) is 11.4. The molecule has 0 bridgehead atoms. The highest BCUT2D eigenvalue weighted by atomic mass is 32.2. The minimum atomic E-state index is -3.18. The Morgan fingerprint density at radius 1 is 1.38 bits per heavy atom. The Balaban J connectivity index is 2.40. The standard InChI is InChI=1S/C11H15NO3S/c1-8-5-9(15-2)3-4-11(8)16(13,14)10-6-12-7-10/h3-5,10,12H,6-7H2,1-2H3. The Labute approximate surface area is 95.5 Å². The summed E-state index contributed by atoms with van der Waals surface area (Å²) in [5.74, 6) is 0.684. The first-order chi connectivity index (χ1) is 7.55. The predicted octanol–water partition coefficient (Wildman–Crippen LogP) is 0.749. The first-order valence-electron chi connectivity index (χ1n) is 5.15. The summed E-state index contributed by atoms with van der Waals surface area (Å²) < 4.78 is 29.4. The molecule has 0 unspecified atom stereocenters. The second-order valence-electron chi connectivity index (χ2n) is 3.96. The second kappa shape index (κ2) is 4.07. The molecule has 0 saturated carbocycles. The van der Waals surface area contributed by atoms with Crippen molar-refractivity contribution in [3.8, 4) is 5.75 Å². The maximum atomic E-state index is 12.2. The summed E-state index contributed by atoms with van der Waals surface area (Å²) in [4.78, 5) is 0.416. The molecule has 0 spiro atoms. The summed E-state index contributed by atoms with van der Waals surface area (Å²) in [6, 6.07) is 5.06. The maximum Gasteiger partial charge on any atom is 0.183 e. The molecule has 0 radical (unpaired) electrons. The molecular formula is C11H15NO3S. The molecule has 1 aromatic rings. The molecule has 0 aliphatic carbocycles. The van der Waals surface area contributed by atoms with Gasteiger partial charge in [-0.1, -0.05) is 0 Å². The molecule has 1 heterocycles. The van der Waals surface area contributed by atoms with Gasteiger partial charge in [-0.3, -0.25) is 0 Å². The van der Waals surface area contributed by atoms with Crippen LogP contribution in [0, 0.1) is 6.92 Å². The third-order valence-corrected chi connectivity index (χ3v) is 5.15. The van der Waals surface area contributed by atoms with Crippen LogP contribution in [-0.2, 0) is 9.84 Å². The van der Waals surface area contributed by atoms with Gasteiger partial charge in [0.1, 0.15) is 5.75 Å². The van der Waals surface area contributed by atoms with Crippen LogP contribution in [0.4, 0.5) is 0 Å². The highest BCUT2D eigenvalue weighted by Crippen LogP contribution is 2.25. The number of methoxy groups -OCH3 is 1. The fourth-order valence-electron chi connectivity index (χ4n) is 1.73. The summed E-state index contributed by atoms with van der Waals surface area (Å²) in [5, 5.41) is 2.70. The van der Waals surface area contributed by atoms with Crippen LogP contribution in [0.1, 0.15) is 5.56 Å². The van der Waals surface area contributed by atoms with E-state index in [-0.39, 0.29) is 5.25 Å². The Morgan fingerprint density at radius 2 is 2.06 bits per heavy atom. The topological polar surface area (TPSA) is 55.4 Å². The number of ether oxygens (including phenoxy) is 1. The Morgan fingerprint density at radius 3 is 2.50 bits per heavy atom. The summed E-state index contributed by atoms with van der Waals surface area (Å²) >= 11 is 0. The molecule has 4 nitrogen and oxygen atoms in total. The number of rotatable bonds is 3. The van der Waals surface area contributed by atoms with Crippen molar-refractivity contribution in [1.82, 2.24) is 5.32 Å². The van der Waals surface area contributed by atoms with Crippen LogP contribution < -0.4 is 10.1 Å². The average molecular weight is 241 g/mol. The van der Waals surface area contributed by atoms with Gasteiger partial charge in [-0.25, -0.2) is 8.42 Å². The highest BCUT2D eigenvalue weighted by Gasteiger charge is 2.33. The van der Waals surface area contributed by atoms with Gasteiger partial charge in [0, 0.05) is 13.1 Å². The molecule has 1 aliphatic rings. The average Bonchev–Trinajstić information content (AvgIpc) is 2.13. The molecule has 1 aromatic carbocycles. The lowest BCUT2D eigenvalue weighted by molar-refractivity contribution is 0.414. The van der Waals surface area contributed by atoms with E-state index in [9.17, 15) is 8.42 Å². The zero-order chi connectivity index (χ0) is 11.8. The second-order valence-corrected chi connectivity index (χ2v) is 6.15. The van der Waals surface area contributed by atoms with Crippen molar-refractivity contribution in [2.24, 2.45) is 0 Å². The minimum absolute atomic E-state index is 0.278. The van der Waals surface area contributed by atoms with Gasteiger partial charge in [-0.05, 0) is 30.7 Å². The lowest BCUT2D eigenvalue weighted by Crippen LogP contribution is -2.51. The largest absolute Gasteiger partial charge is 0.497 e. The highest BCUT2D eigenvalue weighted by molar-refractivity contribution is 7.92. The number of hydrogen-bond acceptors (Lipinski definition) is 4. The van der Waals surface area contributed by atoms with Gasteiger partial charge < -0.3 is 10.1 Å². The van der Waals surface area contributed by atoms with Crippen molar-refractivity contribution >= 4 is 9.84 Å². The first-order valence-corrected chi connectivity index (χ1v) is 6.69. The normalized spacial score (nSPS) is 16.9. The van der Waals surface area contributed by atoms with E-state index in [1.165, 1.54) is 0 Å². The molecule has 0 aromatic heterocycles. The van der Waals surface area contributed by atoms with Crippen molar-refractivity contribution < 1.29 is 13.2 Å². The van der Waals surface area contributed by atoms with E-state index >= 15 is 0 Å². The third-order valence-electron chi connectivity index (χ3n) is 2.87. The molecule has 5 heteroatoms. The fraction of sp³-hybridized carbons (Fsp3) is 0.455. The van der Waals surface area contributed by atoms with Crippen LogP contribution in [0.15, 0.2) is 23.1 Å². The third kappa shape index (κ3) is 1.81. The fourth-order valence-corrected chi connectivity index (χ4v) is 3.53. The van der Waals surface area contributed by atoms with E-state index in [1.807, 2.05) is 0 Å². The van der Waals surface area contributed by atoms with Crippen molar-refractivity contribution in [1.29, 1.82) is 0 Å². The Hall–Kier alpha value is -1.07. The van der Waals surface area contributed by atoms with E-state index in [0.29, 0.717) is 23.7 Å². The minimum Gasteiger partial charge on any atom is -0.497 e. The molecule has 1 N–H and O–H groups in total. The van der Waals surface area contributed by atoms with Gasteiger partial charge in [0.25, 0.3) is 0 Å². The number of benzene rings is 1. The van der Waals surface area contributed by atoms with Crippen molar-refractivity contribution in [3.05, 3.63) is 23.8 Å². The molecule has 1 fully saturated rings. The number of hydrogen-bond donors (Lipinski definition) is 1. The smallest absolute Gasteiger partial charge is 0.183 e. The van der Waals surface area contributed by atoms with E-state index in [0.717, 1.165) is 5.56 Å². The van der Waals surface area contributed by atoms with Gasteiger partial charge in [0.2, 0.25) is 0 Å². The summed E-state index contributed by atoms with van der Waals surface area (Å²) in [6.45, 7) is 2.89. The maximum absolute atomic E-state index is 12.2. The van der Waals surface area contributed by atoms with Crippen LogP contribution in [0.2, 0.25) is 0 Å². The van der Waals surface area contributed by atoms with Gasteiger partial charge >= 0.3 is 0 Å². The Bertz CT molecular complexity index is 492. The molecule has 1 saturated heterocycles. The molecule has 1 aliphatic heterocycles. The summed E-state index contributed by atoms with van der Waals surface area (Å²) in [5.41, 5.74) is 0.742. The number of nitrogens with one attached hydrogen (secondary N) is 1. The molecule has 0 amide bonds. The van der Waals surface area contributed by atoms with Crippen LogP contribution in [0.3, 0.4) is 0 Å². The lowest BCUT2D eigenvalue weighted by Gasteiger charge is -2.27. The molecular weight excluding hydrogens is 226 g/mol. The monoisotopic (exact) mass is 241 g/mol. The van der Waals surface area contributed by atoms with Gasteiger partial charge in [0.05, 0.1) is 17.3 Å². The van der Waals surface area contributed by atoms with Gasteiger partial charge in [-0.15, -0.1) is 0 Å². The van der Waals surface area contributed by atoms with Crippen molar-refractivity contribution in [2.75, 3.05) is 20.2 Å². The molecule has 0 atom stereocenters. The van der Waals surface area contributed by atoms with Crippen LogP contribution in [0.25, 0.3) is 0 Å². The number of aryl methyl sites for hydroxylation is 1. The molecule has 16 heavy (non-hydrogen) atoms. The number of sulfone groups is 1. The van der Waals surface area contributed by atoms with E-state index < -0.39 is 9.84 Å². The molecule has 88 valence electrons. The quantitative estimate of drug-likeness (QED) is 0.848. The summed E-state index contributed by atoms with van der Waals surface area (Å²) in [6.07, 6.45) is 0. The summed E-state index contributed by atoms with van der Waals surface area (Å²) in [7, 11) is -1.61. The molecule has 2 rings (SSSR count). The zero-order valence-corrected chi connectivity index (χ0v) is 10.2. The van der Waals surface area contributed by atoms with E-state index in [2.05, 4.69) is 5.32 Å². The predicted molar refractivity (Wildman–Crippen MR) is 61.6 cm³/mol. The van der Waals surface area contributed by atoms with Gasteiger partial charge in [-0.2, -0.15) is 0 Å². The van der Waals surface area contributed by atoms with Crippen LogP contribution in [-0.4, -0.2) is 33.9 Å².